The molecule has 2 nitrogen and oxygen atoms in total. The molecule has 0 aromatic heterocycles. The molecule has 0 bridgehead atoms. The first-order chi connectivity index (χ1) is 8.78. The van der Waals surface area contributed by atoms with E-state index in [0.717, 1.165) is 25.7 Å². The number of hydrogen-bond acceptors (Lipinski definition) is 2. The third-order valence-electron chi connectivity index (χ3n) is 3.15. The van der Waals surface area contributed by atoms with E-state index in [4.69, 9.17) is 9.47 Å². The lowest BCUT2D eigenvalue weighted by molar-refractivity contribution is 0.0799. The van der Waals surface area contributed by atoms with Gasteiger partial charge < -0.3 is 9.47 Å². The smallest absolute Gasteiger partial charge is 0.0979 e. The predicted octanol–water partition coefficient (Wildman–Crippen LogP) is 5.20. The third kappa shape index (κ3) is 9.15. The van der Waals surface area contributed by atoms with E-state index >= 15 is 0 Å². The zero-order chi connectivity index (χ0) is 13.6. The lowest BCUT2D eigenvalue weighted by Gasteiger charge is -2.20. The second-order valence-electron chi connectivity index (χ2n) is 4.71. The fourth-order valence-corrected chi connectivity index (χ4v) is 2.07. The Kier molecular flexibility index (Phi) is 11.9. The minimum Gasteiger partial charge on any atom is -0.499 e. The van der Waals surface area contributed by atoms with Crippen molar-refractivity contribution in [3.63, 3.8) is 0 Å². The predicted molar refractivity (Wildman–Crippen MR) is 78.4 cm³/mol. The molecule has 0 aliphatic carbocycles. The van der Waals surface area contributed by atoms with Crippen molar-refractivity contribution in [3.05, 3.63) is 25.7 Å². The van der Waals surface area contributed by atoms with Gasteiger partial charge in [0.05, 0.1) is 24.7 Å². The Morgan fingerprint density at radius 2 is 1.17 bits per heavy atom. The molecule has 2 atom stereocenters. The first-order valence-corrected chi connectivity index (χ1v) is 7.31. The average Bonchev–Trinajstić information content (AvgIpc) is 2.38. The molecule has 0 fully saturated rings. The molecule has 0 radical (unpaired) electrons. The molecule has 0 rings (SSSR count). The number of hydrogen-bond donors (Lipinski definition) is 0. The summed E-state index contributed by atoms with van der Waals surface area (Å²) in [6.07, 6.45) is 12.8. The second-order valence-corrected chi connectivity index (χ2v) is 4.71. The maximum Gasteiger partial charge on any atom is 0.0979 e. The van der Waals surface area contributed by atoms with E-state index in [1.165, 1.54) is 25.7 Å². The molecule has 0 spiro atoms. The van der Waals surface area contributed by atoms with Crippen LogP contribution in [-0.4, -0.2) is 12.2 Å². The van der Waals surface area contributed by atoms with Crippen LogP contribution in [0.3, 0.4) is 0 Å². The maximum absolute atomic E-state index is 5.56. The Bertz CT molecular complexity index is 179. The molecule has 0 aromatic carbocycles. The molecule has 0 heterocycles. The van der Waals surface area contributed by atoms with Crippen molar-refractivity contribution >= 4 is 0 Å². The van der Waals surface area contributed by atoms with Gasteiger partial charge in [-0.15, -0.1) is 0 Å². The highest BCUT2D eigenvalue weighted by Crippen LogP contribution is 2.17. The molecule has 0 aliphatic rings. The van der Waals surface area contributed by atoms with Gasteiger partial charge >= 0.3 is 0 Å². The average molecular weight is 254 g/mol. The van der Waals surface area contributed by atoms with Crippen LogP contribution in [0.5, 0.6) is 0 Å². The maximum atomic E-state index is 5.56. The molecular formula is C16H30O2. The van der Waals surface area contributed by atoms with Crippen LogP contribution in [0.4, 0.5) is 0 Å². The Labute approximate surface area is 113 Å². The van der Waals surface area contributed by atoms with E-state index < -0.39 is 0 Å². The van der Waals surface area contributed by atoms with Crippen molar-refractivity contribution in [1.29, 1.82) is 0 Å². The van der Waals surface area contributed by atoms with Crippen LogP contribution in [0.1, 0.15) is 65.2 Å². The first-order valence-electron chi connectivity index (χ1n) is 7.31. The van der Waals surface area contributed by atoms with Crippen molar-refractivity contribution in [2.75, 3.05) is 0 Å². The summed E-state index contributed by atoms with van der Waals surface area (Å²) in [7, 11) is 0. The highest BCUT2D eigenvalue weighted by Gasteiger charge is 2.13. The minimum absolute atomic E-state index is 0.292. The van der Waals surface area contributed by atoms with Crippen LogP contribution >= 0.6 is 0 Å². The van der Waals surface area contributed by atoms with Crippen LogP contribution in [0.25, 0.3) is 0 Å². The Hall–Kier alpha value is -0.920. The number of ether oxygens (including phenoxy) is 2. The van der Waals surface area contributed by atoms with E-state index in [9.17, 15) is 0 Å². The van der Waals surface area contributed by atoms with Crippen molar-refractivity contribution < 1.29 is 9.47 Å². The van der Waals surface area contributed by atoms with E-state index in [1.807, 2.05) is 0 Å². The molecule has 18 heavy (non-hydrogen) atoms. The summed E-state index contributed by atoms with van der Waals surface area (Å²) >= 11 is 0. The van der Waals surface area contributed by atoms with Crippen LogP contribution < -0.4 is 0 Å². The van der Waals surface area contributed by atoms with E-state index in [-0.39, 0.29) is 0 Å². The van der Waals surface area contributed by atoms with Crippen molar-refractivity contribution in [3.8, 4) is 0 Å². The standard InChI is InChI=1S/C16H30O2/c1-5-9-11-15(17-7-3)13-14-16(18-8-4)12-10-6-2/h7-8,15-16H,3-6,9-14H2,1-2H3. The van der Waals surface area contributed by atoms with Crippen LogP contribution in [0.2, 0.25) is 0 Å². The van der Waals surface area contributed by atoms with E-state index in [2.05, 4.69) is 27.0 Å². The summed E-state index contributed by atoms with van der Waals surface area (Å²) in [5.41, 5.74) is 0. The van der Waals surface area contributed by atoms with Crippen molar-refractivity contribution in [2.24, 2.45) is 0 Å². The molecule has 2 unspecified atom stereocenters. The number of rotatable bonds is 13. The van der Waals surface area contributed by atoms with Gasteiger partial charge in [0.2, 0.25) is 0 Å². The van der Waals surface area contributed by atoms with Gasteiger partial charge in [-0.2, -0.15) is 0 Å². The molecule has 0 aromatic rings. The molecular weight excluding hydrogens is 224 g/mol. The SMILES string of the molecule is C=COC(CCCC)CCC(CCCC)OC=C. The largest absolute Gasteiger partial charge is 0.499 e. The summed E-state index contributed by atoms with van der Waals surface area (Å²) in [5, 5.41) is 0. The summed E-state index contributed by atoms with van der Waals surface area (Å²) in [5.74, 6) is 0. The number of unbranched alkanes of at least 4 members (excludes halogenated alkanes) is 2. The highest BCUT2D eigenvalue weighted by molar-refractivity contribution is 4.69. The van der Waals surface area contributed by atoms with Crippen LogP contribution in [-0.2, 0) is 9.47 Å². The van der Waals surface area contributed by atoms with Crippen molar-refractivity contribution in [1.82, 2.24) is 0 Å². The fourth-order valence-electron chi connectivity index (χ4n) is 2.07. The van der Waals surface area contributed by atoms with Gasteiger partial charge in [0.15, 0.2) is 0 Å². The monoisotopic (exact) mass is 254 g/mol. The normalized spacial score (nSPS) is 13.7. The molecule has 2 heteroatoms. The van der Waals surface area contributed by atoms with Gasteiger partial charge in [-0.1, -0.05) is 52.7 Å². The topological polar surface area (TPSA) is 18.5 Å². The lowest BCUT2D eigenvalue weighted by atomic mass is 10.0. The summed E-state index contributed by atoms with van der Waals surface area (Å²) in [6, 6.07) is 0. The first kappa shape index (κ1) is 17.1. The van der Waals surface area contributed by atoms with Gasteiger partial charge in [0.1, 0.15) is 0 Å². The summed E-state index contributed by atoms with van der Waals surface area (Å²) in [6.45, 7) is 11.7. The molecule has 0 N–H and O–H groups in total. The molecule has 0 amide bonds. The quantitative estimate of drug-likeness (QED) is 0.420. The van der Waals surface area contributed by atoms with Gasteiger partial charge in [-0.25, -0.2) is 0 Å². The van der Waals surface area contributed by atoms with Crippen LogP contribution in [0.15, 0.2) is 25.7 Å². The highest BCUT2D eigenvalue weighted by atomic mass is 16.5. The zero-order valence-corrected chi connectivity index (χ0v) is 12.2. The van der Waals surface area contributed by atoms with Gasteiger partial charge in [-0.05, 0) is 25.7 Å². The molecule has 0 saturated carbocycles. The van der Waals surface area contributed by atoms with Crippen molar-refractivity contribution in [2.45, 2.75) is 77.4 Å². The van der Waals surface area contributed by atoms with Gasteiger partial charge in [-0.3, -0.25) is 0 Å². The Balaban J connectivity index is 3.99. The minimum atomic E-state index is 0.292. The van der Waals surface area contributed by atoms with E-state index in [0.29, 0.717) is 12.2 Å². The summed E-state index contributed by atoms with van der Waals surface area (Å²) < 4.78 is 11.1. The lowest BCUT2D eigenvalue weighted by Crippen LogP contribution is -2.16. The van der Waals surface area contributed by atoms with Gasteiger partial charge in [0, 0.05) is 0 Å². The fraction of sp³-hybridized carbons (Fsp3) is 0.750. The molecule has 0 aliphatic heterocycles. The van der Waals surface area contributed by atoms with Gasteiger partial charge in [0.25, 0.3) is 0 Å². The Morgan fingerprint density at radius 1 is 0.778 bits per heavy atom. The zero-order valence-electron chi connectivity index (χ0n) is 12.2. The third-order valence-corrected chi connectivity index (χ3v) is 3.15. The second kappa shape index (κ2) is 12.5. The molecule has 0 saturated heterocycles. The Morgan fingerprint density at radius 3 is 1.44 bits per heavy atom. The molecule has 106 valence electrons. The van der Waals surface area contributed by atoms with E-state index in [1.54, 1.807) is 12.5 Å². The summed E-state index contributed by atoms with van der Waals surface area (Å²) in [4.78, 5) is 0. The van der Waals surface area contributed by atoms with Crippen LogP contribution in [0, 0.1) is 0 Å².